The van der Waals surface area contributed by atoms with Crippen LogP contribution in [-0.2, 0) is 0 Å². The van der Waals surface area contributed by atoms with Gasteiger partial charge in [0.15, 0.2) is 0 Å². The summed E-state index contributed by atoms with van der Waals surface area (Å²) in [5.74, 6) is 0. The highest BCUT2D eigenvalue weighted by molar-refractivity contribution is 5.76. The van der Waals surface area contributed by atoms with Gasteiger partial charge in [-0.3, -0.25) is 20.2 Å². The van der Waals surface area contributed by atoms with Crippen molar-refractivity contribution in [3.05, 3.63) is 20.2 Å². The van der Waals surface area contributed by atoms with Gasteiger partial charge >= 0.3 is 0 Å². The number of nitro groups is 2. The van der Waals surface area contributed by atoms with Crippen molar-refractivity contribution in [2.45, 2.75) is 13.3 Å². The minimum Gasteiger partial charge on any atom is -0.344 e. The normalized spacial score (nSPS) is 6.40. The highest BCUT2D eigenvalue weighted by Crippen LogP contribution is 1.72. The molecule has 0 aliphatic rings. The van der Waals surface area contributed by atoms with Crippen molar-refractivity contribution in [2.24, 2.45) is 17.2 Å². The minimum absolute atomic E-state index is 0. The molecule has 0 atom stereocenters. The molecule has 10 nitrogen and oxygen atoms in total. The second-order valence-corrected chi connectivity index (χ2v) is 2.48. The molecule has 0 heterocycles. The zero-order valence-electron chi connectivity index (χ0n) is 11.9. The van der Waals surface area contributed by atoms with Crippen molar-refractivity contribution in [3.63, 3.8) is 0 Å². The molecule has 0 saturated carbocycles. The number of nitrogens with zero attached hydrogens (tertiary/aromatic N) is 2. The molecule has 0 spiro atoms. The molecule has 0 aliphatic heterocycles. The zero-order chi connectivity index (χ0) is 13.4. The quantitative estimate of drug-likeness (QED) is 0.268. The van der Waals surface area contributed by atoms with Crippen LogP contribution in [0, 0.1) is 20.2 Å². The first-order valence-corrected chi connectivity index (χ1v) is 4.79. The van der Waals surface area contributed by atoms with E-state index >= 15 is 0 Å². The molecule has 0 aromatic heterocycles. The standard InChI is InChI=1S/C3H7NO2.C2H6N2O2.C2H8N2.3B.H3N.3H2/c1-2-3-4(5)6;3-1-2-4(5)6;3-1-2-4;;;;;;;/h2-3H2,1H3;1-3H2;1-4H2;;;;1H3;3*1H/i;;;;;;;3*1+1. The Morgan fingerprint density at radius 2 is 1.15 bits per heavy atom. The van der Waals surface area contributed by atoms with E-state index in [-0.39, 0.29) is 60.2 Å². The summed E-state index contributed by atoms with van der Waals surface area (Å²) in [5.41, 5.74) is 14.6. The fourth-order valence-electron chi connectivity index (χ4n) is 0.288. The molecule has 0 saturated heterocycles. The number of nitrogens with two attached hydrogens (primary N) is 3. The lowest BCUT2D eigenvalue weighted by Gasteiger charge is -1.80. The van der Waals surface area contributed by atoms with E-state index in [1.165, 1.54) is 0 Å². The third-order valence-electron chi connectivity index (χ3n) is 0.885. The van der Waals surface area contributed by atoms with Crippen LogP contribution in [0.2, 0.25) is 0 Å². The first-order valence-electron chi connectivity index (χ1n) is 4.79. The van der Waals surface area contributed by atoms with Gasteiger partial charge in [0.25, 0.3) is 0 Å². The van der Waals surface area contributed by atoms with E-state index in [0.29, 0.717) is 19.5 Å². The van der Waals surface area contributed by atoms with Crippen molar-refractivity contribution in [1.82, 2.24) is 6.15 Å². The van der Waals surface area contributed by atoms with E-state index in [1.807, 2.05) is 0 Å². The molecule has 0 unspecified atom stereocenters. The highest BCUT2D eigenvalue weighted by atomic mass is 16.6. The third kappa shape index (κ3) is 124. The lowest BCUT2D eigenvalue weighted by molar-refractivity contribution is -0.479. The molecule has 0 amide bonds. The maximum atomic E-state index is 9.40. The fourth-order valence-corrected chi connectivity index (χ4v) is 0.288. The number of rotatable bonds is 5. The van der Waals surface area contributed by atoms with Crippen LogP contribution in [0.4, 0.5) is 0 Å². The Kier molecular flexibility index (Phi) is 92.1. The van der Waals surface area contributed by atoms with Crippen LogP contribution >= 0.6 is 0 Å². The van der Waals surface area contributed by atoms with Gasteiger partial charge in [-0.1, -0.05) is 6.92 Å². The molecule has 0 rings (SSSR count). The fraction of sp³-hybridized carbons (Fsp3) is 1.00. The van der Waals surface area contributed by atoms with Gasteiger partial charge in [0.05, 0.1) is 6.54 Å². The van der Waals surface area contributed by atoms with Crippen molar-refractivity contribution < 1.29 is 14.1 Å². The van der Waals surface area contributed by atoms with Crippen molar-refractivity contribution in [2.75, 3.05) is 32.7 Å². The monoisotopic (exact) mass is 298 g/mol. The molecule has 20 heavy (non-hydrogen) atoms. The molecular formula is C7H30B3N6O4. The molecule has 0 fully saturated rings. The van der Waals surface area contributed by atoms with Crippen LogP contribution in [0.5, 0.6) is 0 Å². The van der Waals surface area contributed by atoms with Crippen LogP contribution < -0.4 is 23.4 Å². The first kappa shape index (κ1) is 42.8. The van der Waals surface area contributed by atoms with Gasteiger partial charge in [-0.05, 0) is 0 Å². The Balaban J connectivity index is -0.0000000121. The van der Waals surface area contributed by atoms with E-state index < -0.39 is 4.92 Å². The van der Waals surface area contributed by atoms with Gasteiger partial charge in [0.1, 0.15) is 0 Å². The maximum Gasteiger partial charge on any atom is 0.215 e. The molecule has 0 aromatic carbocycles. The van der Waals surface area contributed by atoms with Crippen molar-refractivity contribution in [3.8, 4) is 0 Å². The third-order valence-corrected chi connectivity index (χ3v) is 0.885. The lowest BCUT2D eigenvalue weighted by atomic mass is 10.5. The van der Waals surface area contributed by atoms with Gasteiger partial charge in [0, 0.05) is 58.9 Å². The summed E-state index contributed by atoms with van der Waals surface area (Å²) in [5, 5.41) is 18.7. The maximum absolute atomic E-state index is 9.40. The molecule has 0 bridgehead atoms. The minimum atomic E-state index is -0.444. The molecule has 13 heteroatoms. The molecule has 9 radical (unpaired) electrons. The van der Waals surface area contributed by atoms with E-state index in [9.17, 15) is 20.2 Å². The topological polar surface area (TPSA) is 199 Å². The predicted molar refractivity (Wildman–Crippen MR) is 89.8 cm³/mol. The summed E-state index contributed by atoms with van der Waals surface area (Å²) in [4.78, 5) is 18.0. The number of hydrogen-bond acceptors (Lipinski definition) is 8. The Bertz CT molecular complexity index is 175. The molecule has 9 N–H and O–H groups in total. The van der Waals surface area contributed by atoms with Crippen LogP contribution in [0.1, 0.15) is 17.6 Å². The van der Waals surface area contributed by atoms with Gasteiger partial charge in [-0.25, -0.2) is 0 Å². The molecule has 121 valence electrons. The summed E-state index contributed by atoms with van der Waals surface area (Å²) >= 11 is 0. The molecule has 0 aliphatic carbocycles. The largest absolute Gasteiger partial charge is 0.344 e. The Morgan fingerprint density at radius 3 is 1.15 bits per heavy atom. The summed E-state index contributed by atoms with van der Waals surface area (Å²) in [6.45, 7) is 3.08. The number of hydrogen-bond donors (Lipinski definition) is 4. The summed E-state index contributed by atoms with van der Waals surface area (Å²) in [7, 11) is 0. The average molecular weight is 298 g/mol. The van der Waals surface area contributed by atoms with E-state index in [2.05, 4.69) is 0 Å². The molecule has 0 aromatic rings. The van der Waals surface area contributed by atoms with E-state index in [0.717, 1.165) is 0 Å². The summed E-state index contributed by atoms with van der Waals surface area (Å²) in [6, 6.07) is 0. The van der Waals surface area contributed by atoms with Crippen molar-refractivity contribution >= 4 is 25.2 Å². The Morgan fingerprint density at radius 1 is 0.850 bits per heavy atom. The second kappa shape index (κ2) is 43.1. The van der Waals surface area contributed by atoms with Gasteiger partial charge < -0.3 is 23.4 Å². The van der Waals surface area contributed by atoms with Crippen LogP contribution in [0.25, 0.3) is 0 Å². The van der Waals surface area contributed by atoms with E-state index in [1.54, 1.807) is 6.92 Å². The average Bonchev–Trinajstić information content (AvgIpc) is 2.18. The van der Waals surface area contributed by atoms with E-state index in [4.69, 9.17) is 17.2 Å². The molecular weight excluding hydrogens is 265 g/mol. The van der Waals surface area contributed by atoms with Crippen LogP contribution in [0.15, 0.2) is 0 Å². The summed E-state index contributed by atoms with van der Waals surface area (Å²) < 4.78 is 0. The Labute approximate surface area is 130 Å². The predicted octanol–water partition coefficient (Wildman–Crippen LogP) is -1.44. The second-order valence-electron chi connectivity index (χ2n) is 2.48. The highest BCUT2D eigenvalue weighted by Gasteiger charge is 1.86. The van der Waals surface area contributed by atoms with Gasteiger partial charge in [0.2, 0.25) is 13.1 Å². The van der Waals surface area contributed by atoms with Crippen LogP contribution in [-0.4, -0.2) is 67.8 Å². The SMILES string of the molecule is CCC[N+](=O)[O-].N.NCCN.NCC[N+](=O)[O-].[2HH].[2HH].[2HH].[B].[B].[B]. The van der Waals surface area contributed by atoms with Gasteiger partial charge in [-0.2, -0.15) is 0 Å². The van der Waals surface area contributed by atoms with Gasteiger partial charge in [-0.15, -0.1) is 0 Å². The Hall–Kier alpha value is -1.17. The van der Waals surface area contributed by atoms with Crippen molar-refractivity contribution in [1.29, 1.82) is 0 Å². The first-order chi connectivity index (χ1) is 7.45. The smallest absolute Gasteiger partial charge is 0.215 e. The van der Waals surface area contributed by atoms with Crippen LogP contribution in [0.3, 0.4) is 0 Å². The lowest BCUT2D eigenvalue weighted by Crippen LogP contribution is -2.12. The summed E-state index contributed by atoms with van der Waals surface area (Å²) in [6.07, 6.45) is 0.632. The zero-order valence-corrected chi connectivity index (χ0v) is 11.9.